The van der Waals surface area contributed by atoms with Gasteiger partial charge in [-0.25, -0.2) is 9.97 Å². The Balaban J connectivity index is 1.73. The molecule has 0 aliphatic carbocycles. The van der Waals surface area contributed by atoms with Gasteiger partial charge in [-0.2, -0.15) is 0 Å². The summed E-state index contributed by atoms with van der Waals surface area (Å²) >= 11 is 0. The number of nitrogens with one attached hydrogen (secondary N) is 2. The summed E-state index contributed by atoms with van der Waals surface area (Å²) in [6, 6.07) is 0. The van der Waals surface area contributed by atoms with E-state index >= 15 is 0 Å². The molecule has 1 aliphatic heterocycles. The number of ether oxygens (including phenoxy) is 2. The highest BCUT2D eigenvalue weighted by atomic mass is 16.6. The van der Waals surface area contributed by atoms with E-state index in [0.717, 1.165) is 30.2 Å². The highest BCUT2D eigenvalue weighted by Gasteiger charge is 2.15. The molecule has 1 unspecified atom stereocenters. The van der Waals surface area contributed by atoms with Crippen molar-refractivity contribution in [3.8, 4) is 0 Å². The van der Waals surface area contributed by atoms with Crippen LogP contribution in [0.15, 0.2) is 18.6 Å². The fourth-order valence-electron chi connectivity index (χ4n) is 2.25. The van der Waals surface area contributed by atoms with Crippen LogP contribution in [0.5, 0.6) is 0 Å². The third kappa shape index (κ3) is 3.43. The molecule has 0 saturated carbocycles. The predicted molar refractivity (Wildman–Crippen MR) is 80.8 cm³/mol. The summed E-state index contributed by atoms with van der Waals surface area (Å²) < 4.78 is 13.0. The summed E-state index contributed by atoms with van der Waals surface area (Å²) in [5.41, 5.74) is 0.814. The van der Waals surface area contributed by atoms with E-state index < -0.39 is 0 Å². The van der Waals surface area contributed by atoms with Crippen LogP contribution in [0.25, 0.3) is 5.65 Å². The maximum absolute atomic E-state index is 5.63. The van der Waals surface area contributed by atoms with Crippen molar-refractivity contribution in [2.45, 2.75) is 19.4 Å². The number of imidazole rings is 1. The minimum absolute atomic E-state index is 0.0582. The first-order valence-electron chi connectivity index (χ1n) is 7.37. The van der Waals surface area contributed by atoms with Crippen molar-refractivity contribution in [1.82, 2.24) is 14.4 Å². The second kappa shape index (κ2) is 6.73. The first-order valence-corrected chi connectivity index (χ1v) is 7.37. The minimum Gasteiger partial charge on any atom is -0.376 e. The third-order valence-corrected chi connectivity index (χ3v) is 3.31. The molecule has 1 aliphatic rings. The Morgan fingerprint density at radius 2 is 2.33 bits per heavy atom. The van der Waals surface area contributed by atoms with E-state index in [0.29, 0.717) is 26.4 Å². The monoisotopic (exact) mass is 291 g/mol. The van der Waals surface area contributed by atoms with Crippen molar-refractivity contribution < 1.29 is 9.47 Å². The van der Waals surface area contributed by atoms with Crippen LogP contribution < -0.4 is 10.6 Å². The maximum atomic E-state index is 5.63. The van der Waals surface area contributed by atoms with Crippen LogP contribution in [-0.2, 0) is 9.47 Å². The maximum Gasteiger partial charge on any atom is 0.180 e. The molecule has 2 N–H and O–H groups in total. The number of hydrogen-bond donors (Lipinski definition) is 2. The van der Waals surface area contributed by atoms with Crippen molar-refractivity contribution in [3.05, 3.63) is 18.6 Å². The first kappa shape index (κ1) is 14.1. The van der Waals surface area contributed by atoms with Gasteiger partial charge in [-0.05, 0) is 6.42 Å². The summed E-state index contributed by atoms with van der Waals surface area (Å²) in [5.74, 6) is 1.60. The van der Waals surface area contributed by atoms with Crippen molar-refractivity contribution >= 4 is 17.3 Å². The normalized spacial score (nSPS) is 18.8. The van der Waals surface area contributed by atoms with Gasteiger partial charge in [0.1, 0.15) is 5.82 Å². The second-order valence-electron chi connectivity index (χ2n) is 5.01. The molecule has 1 saturated heterocycles. The quantitative estimate of drug-likeness (QED) is 0.837. The van der Waals surface area contributed by atoms with Gasteiger partial charge in [0, 0.05) is 25.5 Å². The van der Waals surface area contributed by atoms with Gasteiger partial charge in [-0.15, -0.1) is 0 Å². The zero-order chi connectivity index (χ0) is 14.5. The molecule has 2 aromatic heterocycles. The molecule has 7 nitrogen and oxygen atoms in total. The fraction of sp³-hybridized carbons (Fsp3) is 0.571. The van der Waals surface area contributed by atoms with E-state index in [4.69, 9.17) is 9.47 Å². The van der Waals surface area contributed by atoms with Gasteiger partial charge in [0.25, 0.3) is 0 Å². The Bertz CT molecular complexity index is 580. The average Bonchev–Trinajstić information content (AvgIpc) is 3.00. The molecule has 0 spiro atoms. The largest absolute Gasteiger partial charge is 0.376 e. The van der Waals surface area contributed by atoms with Crippen LogP contribution in [0, 0.1) is 0 Å². The average molecular weight is 291 g/mol. The summed E-state index contributed by atoms with van der Waals surface area (Å²) in [5, 5.41) is 6.62. The van der Waals surface area contributed by atoms with Crippen LogP contribution in [0.3, 0.4) is 0 Å². The molecule has 7 heteroatoms. The lowest BCUT2D eigenvalue weighted by Crippen LogP contribution is -2.34. The SMILES string of the molecule is CCCNc1cn2ccnc2c(NCC2COCCO2)n1. The number of fused-ring (bicyclic) bond motifs is 1. The van der Waals surface area contributed by atoms with Crippen LogP contribution in [-0.4, -0.2) is 53.4 Å². The number of hydrogen-bond acceptors (Lipinski definition) is 6. The zero-order valence-electron chi connectivity index (χ0n) is 12.2. The molecule has 21 heavy (non-hydrogen) atoms. The molecule has 0 amide bonds. The van der Waals surface area contributed by atoms with Crippen molar-refractivity contribution in [2.24, 2.45) is 0 Å². The lowest BCUT2D eigenvalue weighted by molar-refractivity contribution is -0.0819. The first-order chi connectivity index (χ1) is 10.4. The molecule has 2 aromatic rings. The molecule has 0 aromatic carbocycles. The molecule has 0 bridgehead atoms. The summed E-state index contributed by atoms with van der Waals surface area (Å²) in [7, 11) is 0. The van der Waals surface area contributed by atoms with E-state index in [1.807, 2.05) is 16.8 Å². The van der Waals surface area contributed by atoms with Gasteiger partial charge in [0.05, 0.1) is 32.1 Å². The molecule has 0 radical (unpaired) electrons. The number of rotatable bonds is 6. The molecule has 1 atom stereocenters. The summed E-state index contributed by atoms with van der Waals surface area (Å²) in [6.45, 7) is 5.62. The summed E-state index contributed by atoms with van der Waals surface area (Å²) in [4.78, 5) is 8.94. The van der Waals surface area contributed by atoms with Crippen molar-refractivity contribution in [2.75, 3.05) is 43.5 Å². The van der Waals surface area contributed by atoms with Gasteiger partial charge in [-0.1, -0.05) is 6.92 Å². The Morgan fingerprint density at radius 3 is 3.14 bits per heavy atom. The Labute approximate surface area is 123 Å². The topological polar surface area (TPSA) is 72.7 Å². The molecule has 3 rings (SSSR count). The van der Waals surface area contributed by atoms with Crippen LogP contribution >= 0.6 is 0 Å². The molecule has 1 fully saturated rings. The Kier molecular flexibility index (Phi) is 4.52. The van der Waals surface area contributed by atoms with E-state index in [9.17, 15) is 0 Å². The van der Waals surface area contributed by atoms with Gasteiger partial charge in [0.2, 0.25) is 0 Å². The van der Waals surface area contributed by atoms with Crippen molar-refractivity contribution in [1.29, 1.82) is 0 Å². The molecule has 114 valence electrons. The van der Waals surface area contributed by atoms with E-state index in [-0.39, 0.29) is 6.10 Å². The van der Waals surface area contributed by atoms with Crippen molar-refractivity contribution in [3.63, 3.8) is 0 Å². The molecular formula is C14H21N5O2. The lowest BCUT2D eigenvalue weighted by atomic mass is 10.3. The molecule has 3 heterocycles. The number of anilines is 2. The number of aromatic nitrogens is 3. The third-order valence-electron chi connectivity index (χ3n) is 3.31. The highest BCUT2D eigenvalue weighted by Crippen LogP contribution is 2.16. The van der Waals surface area contributed by atoms with Gasteiger partial charge in [-0.3, -0.25) is 0 Å². The van der Waals surface area contributed by atoms with Crippen LogP contribution in [0.4, 0.5) is 11.6 Å². The second-order valence-corrected chi connectivity index (χ2v) is 5.01. The van der Waals surface area contributed by atoms with E-state index in [2.05, 4.69) is 27.5 Å². The zero-order valence-corrected chi connectivity index (χ0v) is 12.2. The Hall–Kier alpha value is -1.86. The van der Waals surface area contributed by atoms with E-state index in [1.165, 1.54) is 0 Å². The Morgan fingerprint density at radius 1 is 1.38 bits per heavy atom. The number of nitrogens with zero attached hydrogens (tertiary/aromatic N) is 3. The molecular weight excluding hydrogens is 270 g/mol. The van der Waals surface area contributed by atoms with Gasteiger partial charge < -0.3 is 24.5 Å². The fourth-order valence-corrected chi connectivity index (χ4v) is 2.25. The standard InChI is InChI=1S/C14H21N5O2/c1-2-3-15-12-9-19-5-4-16-14(19)13(18-12)17-8-11-10-20-6-7-21-11/h4-5,9,11,15H,2-3,6-8,10H2,1H3,(H,17,18). The van der Waals surface area contributed by atoms with Crippen LogP contribution in [0.2, 0.25) is 0 Å². The highest BCUT2D eigenvalue weighted by molar-refractivity contribution is 5.65. The summed E-state index contributed by atoms with van der Waals surface area (Å²) in [6.07, 6.45) is 6.75. The van der Waals surface area contributed by atoms with Gasteiger partial charge >= 0.3 is 0 Å². The smallest absolute Gasteiger partial charge is 0.180 e. The lowest BCUT2D eigenvalue weighted by Gasteiger charge is -2.23. The predicted octanol–water partition coefficient (Wildman–Crippen LogP) is 1.38. The van der Waals surface area contributed by atoms with E-state index in [1.54, 1.807) is 6.20 Å². The minimum atomic E-state index is 0.0582. The van der Waals surface area contributed by atoms with Gasteiger partial charge in [0.15, 0.2) is 11.5 Å². The van der Waals surface area contributed by atoms with Crippen LogP contribution in [0.1, 0.15) is 13.3 Å².